The second-order valence-corrected chi connectivity index (χ2v) is 4.81. The third kappa shape index (κ3) is 3.74. The maximum Gasteiger partial charge on any atom is 0.336 e. The molecular weight excluding hydrogens is 236 g/mol. The molecule has 1 aromatic carbocycles. The van der Waals surface area contributed by atoms with Crippen molar-refractivity contribution in [1.82, 2.24) is 0 Å². The first-order chi connectivity index (χ1) is 6.92. The van der Waals surface area contributed by atoms with Crippen molar-refractivity contribution in [3.05, 3.63) is 29.3 Å². The quantitative estimate of drug-likeness (QED) is 0.801. The predicted octanol–water partition coefficient (Wildman–Crippen LogP) is 2.27. The van der Waals surface area contributed by atoms with Gasteiger partial charge in [0.2, 0.25) is 0 Å². The molecule has 15 heavy (non-hydrogen) atoms. The highest BCUT2D eigenvalue weighted by molar-refractivity contribution is 7.99. The van der Waals surface area contributed by atoms with Crippen LogP contribution in [-0.4, -0.2) is 27.5 Å². The molecule has 0 radical (unpaired) electrons. The Balaban J connectivity index is 2.57. The fourth-order valence-electron chi connectivity index (χ4n) is 0.816. The summed E-state index contributed by atoms with van der Waals surface area (Å²) in [5.74, 6) is -1.12. The molecule has 0 heterocycles. The molecule has 0 saturated heterocycles. The molecular formula is C10H11ClO3S. The largest absolute Gasteiger partial charge is 0.479 e. The molecule has 0 aliphatic carbocycles. The molecule has 3 nitrogen and oxygen atoms in total. The smallest absolute Gasteiger partial charge is 0.336 e. The van der Waals surface area contributed by atoms with E-state index in [1.165, 1.54) is 18.7 Å². The van der Waals surface area contributed by atoms with Crippen LogP contribution < -0.4 is 0 Å². The number of carbonyl (C=O) groups is 1. The van der Waals surface area contributed by atoms with E-state index >= 15 is 0 Å². The van der Waals surface area contributed by atoms with Crippen LogP contribution >= 0.6 is 23.4 Å². The Labute approximate surface area is 97.1 Å². The summed E-state index contributed by atoms with van der Waals surface area (Å²) in [5, 5.41) is 18.8. The Hall–Kier alpha value is -0.710. The zero-order chi connectivity index (χ0) is 11.5. The average Bonchev–Trinajstić information content (AvgIpc) is 2.17. The number of thioether (sulfide) groups is 1. The molecule has 1 unspecified atom stereocenters. The fraction of sp³-hybridized carbons (Fsp3) is 0.300. The molecule has 2 N–H and O–H groups in total. The van der Waals surface area contributed by atoms with Gasteiger partial charge < -0.3 is 10.2 Å². The van der Waals surface area contributed by atoms with E-state index in [4.69, 9.17) is 16.7 Å². The minimum absolute atomic E-state index is 0.101. The number of aliphatic hydroxyl groups is 1. The number of carboxylic acids is 1. The first-order valence-corrected chi connectivity index (χ1v) is 5.62. The zero-order valence-corrected chi connectivity index (χ0v) is 9.68. The third-order valence-corrected chi connectivity index (χ3v) is 3.36. The van der Waals surface area contributed by atoms with Gasteiger partial charge in [-0.25, -0.2) is 4.79 Å². The van der Waals surface area contributed by atoms with Gasteiger partial charge in [-0.15, -0.1) is 11.8 Å². The first kappa shape index (κ1) is 12.4. The lowest BCUT2D eigenvalue weighted by Gasteiger charge is -2.16. The van der Waals surface area contributed by atoms with Gasteiger partial charge in [0.05, 0.1) is 0 Å². The summed E-state index contributed by atoms with van der Waals surface area (Å²) in [6.07, 6.45) is 0. The number of hydrogen-bond donors (Lipinski definition) is 2. The molecule has 0 aromatic heterocycles. The standard InChI is InChI=1S/C10H11ClO3S/c1-10(14,9(12)13)6-15-8-4-2-7(11)3-5-8/h2-5,14H,6H2,1H3,(H,12,13). The molecule has 0 amide bonds. The van der Waals surface area contributed by atoms with Gasteiger partial charge >= 0.3 is 5.97 Å². The van der Waals surface area contributed by atoms with Gasteiger partial charge in [0.15, 0.2) is 5.60 Å². The molecule has 0 saturated carbocycles. The van der Waals surface area contributed by atoms with E-state index in [2.05, 4.69) is 0 Å². The van der Waals surface area contributed by atoms with E-state index in [0.29, 0.717) is 5.02 Å². The van der Waals surface area contributed by atoms with Crippen LogP contribution in [0.25, 0.3) is 0 Å². The summed E-state index contributed by atoms with van der Waals surface area (Å²) in [7, 11) is 0. The van der Waals surface area contributed by atoms with Gasteiger partial charge in [-0.1, -0.05) is 11.6 Å². The van der Waals surface area contributed by atoms with Gasteiger partial charge in [-0.3, -0.25) is 0 Å². The molecule has 5 heteroatoms. The van der Waals surface area contributed by atoms with Crippen molar-refractivity contribution in [2.75, 3.05) is 5.75 Å². The summed E-state index contributed by atoms with van der Waals surface area (Å²) in [6, 6.07) is 7.01. The summed E-state index contributed by atoms with van der Waals surface area (Å²) in [4.78, 5) is 11.5. The van der Waals surface area contributed by atoms with Gasteiger partial charge in [0.1, 0.15) is 0 Å². The van der Waals surface area contributed by atoms with Crippen LogP contribution in [0.15, 0.2) is 29.2 Å². The van der Waals surface area contributed by atoms with Crippen molar-refractivity contribution in [2.45, 2.75) is 17.4 Å². The molecule has 1 aromatic rings. The highest BCUT2D eigenvalue weighted by Crippen LogP contribution is 2.24. The molecule has 0 aliphatic heterocycles. The van der Waals surface area contributed by atoms with Crippen molar-refractivity contribution >= 4 is 29.3 Å². The second kappa shape index (κ2) is 4.88. The van der Waals surface area contributed by atoms with E-state index < -0.39 is 11.6 Å². The van der Waals surface area contributed by atoms with Crippen LogP contribution in [-0.2, 0) is 4.79 Å². The summed E-state index contributed by atoms with van der Waals surface area (Å²) < 4.78 is 0. The molecule has 0 bridgehead atoms. The Bertz CT molecular complexity index is 348. The zero-order valence-electron chi connectivity index (χ0n) is 8.11. The predicted molar refractivity (Wildman–Crippen MR) is 60.4 cm³/mol. The monoisotopic (exact) mass is 246 g/mol. The van der Waals surface area contributed by atoms with Gasteiger partial charge in [-0.2, -0.15) is 0 Å². The number of aliphatic carboxylic acids is 1. The average molecular weight is 247 g/mol. The second-order valence-electron chi connectivity index (χ2n) is 3.32. The van der Waals surface area contributed by atoms with Gasteiger partial charge in [0.25, 0.3) is 0 Å². The lowest BCUT2D eigenvalue weighted by Crippen LogP contribution is -2.37. The van der Waals surface area contributed by atoms with Crippen LogP contribution in [0.1, 0.15) is 6.92 Å². The minimum Gasteiger partial charge on any atom is -0.479 e. The lowest BCUT2D eigenvalue weighted by molar-refractivity contribution is -0.154. The Morgan fingerprint density at radius 3 is 2.47 bits per heavy atom. The van der Waals surface area contributed by atoms with E-state index in [-0.39, 0.29) is 5.75 Å². The summed E-state index contributed by atoms with van der Waals surface area (Å²) >= 11 is 6.97. The van der Waals surface area contributed by atoms with Crippen molar-refractivity contribution in [2.24, 2.45) is 0 Å². The van der Waals surface area contributed by atoms with Crippen LogP contribution in [0.5, 0.6) is 0 Å². The number of carboxylic acid groups (broad SMARTS) is 1. The fourth-order valence-corrected chi connectivity index (χ4v) is 1.84. The van der Waals surface area contributed by atoms with Crippen LogP contribution in [0.4, 0.5) is 0 Å². The van der Waals surface area contributed by atoms with Crippen molar-refractivity contribution in [3.63, 3.8) is 0 Å². The molecule has 0 fully saturated rings. The topological polar surface area (TPSA) is 57.5 Å². The summed E-state index contributed by atoms with van der Waals surface area (Å²) in [6.45, 7) is 1.28. The number of rotatable bonds is 4. The SMILES string of the molecule is CC(O)(CSc1ccc(Cl)cc1)C(=O)O. The van der Waals surface area contributed by atoms with Crippen LogP contribution in [0, 0.1) is 0 Å². The van der Waals surface area contributed by atoms with E-state index in [1.54, 1.807) is 24.3 Å². The van der Waals surface area contributed by atoms with Crippen LogP contribution in [0.3, 0.4) is 0 Å². The maximum absolute atomic E-state index is 10.6. The van der Waals surface area contributed by atoms with E-state index in [9.17, 15) is 9.90 Å². The van der Waals surface area contributed by atoms with Crippen molar-refractivity contribution in [3.8, 4) is 0 Å². The number of halogens is 1. The molecule has 1 rings (SSSR count). The Morgan fingerprint density at radius 2 is 2.00 bits per heavy atom. The molecule has 82 valence electrons. The van der Waals surface area contributed by atoms with Crippen molar-refractivity contribution in [1.29, 1.82) is 0 Å². The Morgan fingerprint density at radius 1 is 1.47 bits per heavy atom. The first-order valence-electron chi connectivity index (χ1n) is 4.26. The highest BCUT2D eigenvalue weighted by atomic mass is 35.5. The lowest BCUT2D eigenvalue weighted by atomic mass is 10.1. The number of benzene rings is 1. The van der Waals surface area contributed by atoms with Crippen LogP contribution in [0.2, 0.25) is 5.02 Å². The summed E-state index contributed by atoms with van der Waals surface area (Å²) in [5.41, 5.74) is -1.70. The minimum atomic E-state index is -1.70. The maximum atomic E-state index is 10.6. The molecule has 0 spiro atoms. The van der Waals surface area contributed by atoms with E-state index in [0.717, 1.165) is 4.90 Å². The highest BCUT2D eigenvalue weighted by Gasteiger charge is 2.29. The normalized spacial score (nSPS) is 14.6. The van der Waals surface area contributed by atoms with Gasteiger partial charge in [0, 0.05) is 15.7 Å². The number of hydrogen-bond acceptors (Lipinski definition) is 3. The van der Waals surface area contributed by atoms with Crippen molar-refractivity contribution < 1.29 is 15.0 Å². The van der Waals surface area contributed by atoms with Gasteiger partial charge in [-0.05, 0) is 31.2 Å². The van der Waals surface area contributed by atoms with E-state index in [1.807, 2.05) is 0 Å². The third-order valence-electron chi connectivity index (χ3n) is 1.79. The Kier molecular flexibility index (Phi) is 4.02. The molecule has 1 atom stereocenters. The molecule has 0 aliphatic rings.